The molecule has 3 aromatic heterocycles. The number of hydrogen-bond acceptors (Lipinski definition) is 7. The molecule has 1 atom stereocenters. The molecule has 0 amide bonds. The van der Waals surface area contributed by atoms with Gasteiger partial charge in [-0.3, -0.25) is 0 Å². The Kier molecular flexibility index (Phi) is 5.97. The Morgan fingerprint density at radius 3 is 2.89 bits per heavy atom. The van der Waals surface area contributed by atoms with Crippen molar-refractivity contribution in [3.05, 3.63) is 43.1 Å². The zero-order valence-corrected chi connectivity index (χ0v) is 15.8. The summed E-state index contributed by atoms with van der Waals surface area (Å²) in [5, 5.41) is 3.34. The number of fused-ring (bicyclic) bond motifs is 1. The second-order valence-corrected chi connectivity index (χ2v) is 5.95. The van der Waals surface area contributed by atoms with Crippen LogP contribution in [0, 0.1) is 0 Å². The molecule has 8 heteroatoms. The Morgan fingerprint density at radius 2 is 2.15 bits per heavy atom. The van der Waals surface area contributed by atoms with Crippen molar-refractivity contribution in [2.24, 2.45) is 0 Å². The Hall–Kier alpha value is -3.00. The fourth-order valence-corrected chi connectivity index (χ4v) is 2.68. The molecule has 0 fully saturated rings. The summed E-state index contributed by atoms with van der Waals surface area (Å²) in [6, 6.07) is 0.0624. The van der Waals surface area contributed by atoms with Crippen LogP contribution < -0.4 is 14.8 Å². The molecular weight excluding hydrogens is 344 g/mol. The van der Waals surface area contributed by atoms with Gasteiger partial charge in [-0.15, -0.1) is 6.58 Å². The lowest BCUT2D eigenvalue weighted by molar-refractivity contribution is 0.314. The zero-order chi connectivity index (χ0) is 19.2. The van der Waals surface area contributed by atoms with Crippen molar-refractivity contribution >= 4 is 5.65 Å². The number of rotatable bonds is 9. The van der Waals surface area contributed by atoms with Crippen LogP contribution in [0.3, 0.4) is 0 Å². The standard InChI is InChI=1S/C19H24N6O2/c1-5-7-10-27-19-17-21-8-9-25(17)12-15(24-19)16-18(26-4)22-11-14(23-16)13(3)20-6-2/h5,8-9,11-13,20H,1,6-7,10H2,2-4H3. The van der Waals surface area contributed by atoms with E-state index in [2.05, 4.69) is 33.8 Å². The molecule has 1 N–H and O–H groups in total. The van der Waals surface area contributed by atoms with Gasteiger partial charge >= 0.3 is 0 Å². The van der Waals surface area contributed by atoms with Crippen LogP contribution >= 0.6 is 0 Å². The third-order valence-electron chi connectivity index (χ3n) is 4.05. The van der Waals surface area contributed by atoms with Crippen LogP contribution in [0.1, 0.15) is 32.0 Å². The molecule has 8 nitrogen and oxygen atoms in total. The van der Waals surface area contributed by atoms with E-state index in [1.54, 1.807) is 25.6 Å². The highest BCUT2D eigenvalue weighted by atomic mass is 16.5. The van der Waals surface area contributed by atoms with Gasteiger partial charge in [0, 0.05) is 24.6 Å². The monoisotopic (exact) mass is 368 g/mol. The van der Waals surface area contributed by atoms with Crippen LogP contribution in [-0.4, -0.2) is 44.6 Å². The van der Waals surface area contributed by atoms with Crippen LogP contribution in [0.4, 0.5) is 0 Å². The first kappa shape index (κ1) is 18.8. The predicted octanol–water partition coefficient (Wildman–Crippen LogP) is 2.82. The lowest BCUT2D eigenvalue weighted by Crippen LogP contribution is -2.19. The van der Waals surface area contributed by atoms with Crippen LogP contribution in [-0.2, 0) is 0 Å². The Bertz CT molecular complexity index is 924. The van der Waals surface area contributed by atoms with Crippen molar-refractivity contribution in [1.82, 2.24) is 29.7 Å². The van der Waals surface area contributed by atoms with E-state index in [0.29, 0.717) is 35.4 Å². The molecule has 0 aliphatic carbocycles. The van der Waals surface area contributed by atoms with E-state index in [9.17, 15) is 0 Å². The van der Waals surface area contributed by atoms with Gasteiger partial charge in [0.1, 0.15) is 5.69 Å². The molecule has 3 aromatic rings. The van der Waals surface area contributed by atoms with Gasteiger partial charge < -0.3 is 19.2 Å². The highest BCUT2D eigenvalue weighted by Crippen LogP contribution is 2.29. The summed E-state index contributed by atoms with van der Waals surface area (Å²) < 4.78 is 13.1. The van der Waals surface area contributed by atoms with Crippen molar-refractivity contribution in [1.29, 1.82) is 0 Å². The van der Waals surface area contributed by atoms with Gasteiger partial charge in [0.15, 0.2) is 5.69 Å². The lowest BCUT2D eigenvalue weighted by atomic mass is 10.2. The van der Waals surface area contributed by atoms with Crippen molar-refractivity contribution in [2.75, 3.05) is 20.3 Å². The predicted molar refractivity (Wildman–Crippen MR) is 103 cm³/mol. The van der Waals surface area contributed by atoms with Crippen LogP contribution in [0.5, 0.6) is 11.8 Å². The van der Waals surface area contributed by atoms with Crippen LogP contribution in [0.2, 0.25) is 0 Å². The second-order valence-electron chi connectivity index (χ2n) is 5.95. The number of aromatic nitrogens is 5. The average Bonchev–Trinajstić information content (AvgIpc) is 3.16. The summed E-state index contributed by atoms with van der Waals surface area (Å²) in [6.45, 7) is 9.12. The van der Waals surface area contributed by atoms with E-state index < -0.39 is 0 Å². The molecule has 1 unspecified atom stereocenters. The van der Waals surface area contributed by atoms with Gasteiger partial charge in [0.2, 0.25) is 11.5 Å². The van der Waals surface area contributed by atoms with E-state index in [1.165, 1.54) is 0 Å². The van der Waals surface area contributed by atoms with E-state index in [-0.39, 0.29) is 6.04 Å². The highest BCUT2D eigenvalue weighted by molar-refractivity contribution is 5.63. The molecule has 0 aromatic carbocycles. The molecule has 3 heterocycles. The summed E-state index contributed by atoms with van der Waals surface area (Å²) in [5.41, 5.74) is 2.62. The minimum Gasteiger partial charge on any atom is -0.479 e. The number of nitrogens with zero attached hydrogens (tertiary/aromatic N) is 5. The van der Waals surface area contributed by atoms with Gasteiger partial charge in [-0.05, 0) is 19.9 Å². The first-order chi connectivity index (χ1) is 13.2. The fraction of sp³-hybridized carbons (Fsp3) is 0.368. The topological polar surface area (TPSA) is 86.5 Å². The summed E-state index contributed by atoms with van der Waals surface area (Å²) in [4.78, 5) is 18.1. The van der Waals surface area contributed by atoms with E-state index >= 15 is 0 Å². The molecule has 0 saturated heterocycles. The molecule has 0 spiro atoms. The lowest BCUT2D eigenvalue weighted by Gasteiger charge is -2.14. The molecule has 142 valence electrons. The normalized spacial score (nSPS) is 12.1. The van der Waals surface area contributed by atoms with Gasteiger partial charge in [0.25, 0.3) is 5.88 Å². The average molecular weight is 368 g/mol. The van der Waals surface area contributed by atoms with Gasteiger partial charge in [-0.25, -0.2) is 19.9 Å². The van der Waals surface area contributed by atoms with E-state index in [4.69, 9.17) is 14.5 Å². The maximum absolute atomic E-state index is 5.80. The van der Waals surface area contributed by atoms with Gasteiger partial charge in [-0.2, -0.15) is 0 Å². The molecular formula is C19H24N6O2. The Balaban J connectivity index is 2.07. The van der Waals surface area contributed by atoms with Crippen molar-refractivity contribution < 1.29 is 9.47 Å². The van der Waals surface area contributed by atoms with Crippen molar-refractivity contribution in [3.63, 3.8) is 0 Å². The molecule has 0 bridgehead atoms. The van der Waals surface area contributed by atoms with Gasteiger partial charge in [0.05, 0.1) is 25.6 Å². The summed E-state index contributed by atoms with van der Waals surface area (Å²) >= 11 is 0. The number of nitrogens with one attached hydrogen (secondary N) is 1. The van der Waals surface area contributed by atoms with Gasteiger partial charge in [-0.1, -0.05) is 13.0 Å². The first-order valence-corrected chi connectivity index (χ1v) is 8.90. The number of hydrogen-bond donors (Lipinski definition) is 1. The number of imidazole rings is 1. The van der Waals surface area contributed by atoms with Crippen molar-refractivity contribution in [2.45, 2.75) is 26.3 Å². The molecule has 3 rings (SSSR count). The van der Waals surface area contributed by atoms with E-state index in [0.717, 1.165) is 18.7 Å². The highest BCUT2D eigenvalue weighted by Gasteiger charge is 2.18. The molecule has 0 aliphatic heterocycles. The smallest absolute Gasteiger partial charge is 0.259 e. The summed E-state index contributed by atoms with van der Waals surface area (Å²) in [5.74, 6) is 0.847. The third kappa shape index (κ3) is 4.06. The fourth-order valence-electron chi connectivity index (χ4n) is 2.68. The quantitative estimate of drug-likeness (QED) is 0.459. The van der Waals surface area contributed by atoms with Crippen LogP contribution in [0.15, 0.2) is 37.4 Å². The first-order valence-electron chi connectivity index (χ1n) is 8.90. The SMILES string of the molecule is C=CCCOc1nc(-c2nc(C(C)NCC)cnc2OC)cn2ccnc12. The molecule has 0 saturated carbocycles. The number of methoxy groups -OCH3 is 1. The molecule has 0 radical (unpaired) electrons. The molecule has 27 heavy (non-hydrogen) atoms. The van der Waals surface area contributed by atoms with E-state index in [1.807, 2.05) is 23.7 Å². The minimum absolute atomic E-state index is 0.0624. The van der Waals surface area contributed by atoms with Crippen molar-refractivity contribution in [3.8, 4) is 23.1 Å². The minimum atomic E-state index is 0.0624. The Labute approximate surface area is 158 Å². The summed E-state index contributed by atoms with van der Waals surface area (Å²) in [6.07, 6.45) is 9.62. The largest absolute Gasteiger partial charge is 0.479 e. The van der Waals surface area contributed by atoms with Crippen LogP contribution in [0.25, 0.3) is 17.0 Å². The molecule has 0 aliphatic rings. The Morgan fingerprint density at radius 1 is 1.30 bits per heavy atom. The third-order valence-corrected chi connectivity index (χ3v) is 4.05. The zero-order valence-electron chi connectivity index (χ0n) is 15.8. The second kappa shape index (κ2) is 8.59. The maximum Gasteiger partial charge on any atom is 0.259 e. The maximum atomic E-state index is 5.80. The number of ether oxygens (including phenoxy) is 2. The summed E-state index contributed by atoms with van der Waals surface area (Å²) in [7, 11) is 1.57.